The van der Waals surface area contributed by atoms with Crippen molar-refractivity contribution in [1.82, 2.24) is 14.5 Å². The number of nitrogens with zero attached hydrogens (tertiary/aromatic N) is 2. The number of carbonyl (C=O) groups is 1. The predicted octanol–water partition coefficient (Wildman–Crippen LogP) is 1.43. The first-order chi connectivity index (χ1) is 12.2. The summed E-state index contributed by atoms with van der Waals surface area (Å²) in [5, 5.41) is 0. The Morgan fingerprint density at radius 3 is 2.50 bits per heavy atom. The highest BCUT2D eigenvalue weighted by Gasteiger charge is 2.29. The number of amides is 1. The third kappa shape index (κ3) is 6.34. The van der Waals surface area contributed by atoms with E-state index in [1.54, 1.807) is 17.0 Å². The Kier molecular flexibility index (Phi) is 7.14. The Bertz CT molecular complexity index is 707. The first kappa shape index (κ1) is 20.8. The van der Waals surface area contributed by atoms with E-state index in [2.05, 4.69) is 23.5 Å². The number of hydrogen-bond donors (Lipinski definition) is 1. The lowest BCUT2D eigenvalue weighted by atomic mass is 10.0. The molecule has 1 fully saturated rings. The summed E-state index contributed by atoms with van der Waals surface area (Å²) in [7, 11) is -3.39. The normalized spacial score (nSPS) is 19.6. The fraction of sp³-hybridized carbons (Fsp3) is 0.611. The van der Waals surface area contributed by atoms with Gasteiger partial charge in [0.05, 0.1) is 12.8 Å². The fourth-order valence-corrected chi connectivity index (χ4v) is 3.63. The third-order valence-corrected chi connectivity index (χ3v) is 5.33. The molecule has 0 unspecified atom stereocenters. The number of benzene rings is 1. The number of sulfonamides is 1. The molecule has 6 nitrogen and oxygen atoms in total. The number of halogens is 1. The molecule has 0 aromatic heterocycles. The summed E-state index contributed by atoms with van der Waals surface area (Å²) in [5.41, 5.74) is 1.04. The van der Waals surface area contributed by atoms with E-state index in [4.69, 9.17) is 0 Å². The first-order valence-electron chi connectivity index (χ1n) is 8.86. The molecule has 1 N–H and O–H groups in total. The first-order valence-corrected chi connectivity index (χ1v) is 10.8. The Morgan fingerprint density at radius 1 is 1.27 bits per heavy atom. The van der Waals surface area contributed by atoms with E-state index in [1.165, 1.54) is 12.1 Å². The smallest absolute Gasteiger partial charge is 0.237 e. The molecular weight excluding hydrogens is 357 g/mol. The summed E-state index contributed by atoms with van der Waals surface area (Å²) in [6.45, 7) is 6.73. The van der Waals surface area contributed by atoms with Crippen LogP contribution in [0.15, 0.2) is 24.3 Å². The van der Waals surface area contributed by atoms with Crippen molar-refractivity contribution in [3.63, 3.8) is 0 Å². The van der Waals surface area contributed by atoms with Crippen LogP contribution in [0, 0.1) is 11.7 Å². The van der Waals surface area contributed by atoms with Gasteiger partial charge in [-0.05, 0) is 30.0 Å². The van der Waals surface area contributed by atoms with Crippen molar-refractivity contribution in [1.29, 1.82) is 0 Å². The summed E-state index contributed by atoms with van der Waals surface area (Å²) < 4.78 is 37.8. The third-order valence-electron chi connectivity index (χ3n) is 4.66. The van der Waals surface area contributed by atoms with Crippen LogP contribution in [0.4, 0.5) is 4.39 Å². The Hall–Kier alpha value is -1.51. The molecule has 1 aromatic rings. The Morgan fingerprint density at radius 2 is 1.92 bits per heavy atom. The van der Waals surface area contributed by atoms with E-state index in [1.807, 2.05) is 0 Å². The van der Waals surface area contributed by atoms with Gasteiger partial charge < -0.3 is 4.90 Å². The lowest BCUT2D eigenvalue weighted by Gasteiger charge is -2.34. The number of nitrogens with one attached hydrogen (secondary N) is 1. The van der Waals surface area contributed by atoms with Gasteiger partial charge >= 0.3 is 0 Å². The van der Waals surface area contributed by atoms with Gasteiger partial charge in [-0.15, -0.1) is 0 Å². The molecule has 1 aromatic carbocycles. The van der Waals surface area contributed by atoms with Gasteiger partial charge in [-0.3, -0.25) is 9.69 Å². The maximum absolute atomic E-state index is 13.1. The SMILES string of the molecule is CC(C)[C@H]1CN(C(=O)CNS(C)(=O)=O)CCCN1Cc1ccc(F)cc1. The second kappa shape index (κ2) is 8.92. The van der Waals surface area contributed by atoms with Crippen molar-refractivity contribution in [2.45, 2.75) is 32.9 Å². The summed E-state index contributed by atoms with van der Waals surface area (Å²) in [5.74, 6) is -0.128. The zero-order valence-electron chi connectivity index (χ0n) is 15.6. The average Bonchev–Trinajstić information content (AvgIpc) is 2.77. The zero-order valence-corrected chi connectivity index (χ0v) is 16.4. The number of carbonyl (C=O) groups excluding carboxylic acids is 1. The highest BCUT2D eigenvalue weighted by atomic mass is 32.2. The Balaban J connectivity index is 2.06. The Labute approximate surface area is 155 Å². The van der Waals surface area contributed by atoms with Crippen molar-refractivity contribution in [2.24, 2.45) is 5.92 Å². The standard InChI is InChI=1S/C18H28FN3O3S/c1-14(2)17-13-22(18(23)11-20-26(3,24)25)10-4-9-21(17)12-15-5-7-16(19)8-6-15/h5-8,14,17,20H,4,9-13H2,1-3H3/t17-/m1/s1. The molecule has 146 valence electrons. The predicted molar refractivity (Wildman–Crippen MR) is 99.5 cm³/mol. The van der Waals surface area contributed by atoms with Gasteiger partial charge in [0.25, 0.3) is 0 Å². The van der Waals surface area contributed by atoms with E-state index in [0.29, 0.717) is 25.6 Å². The minimum Gasteiger partial charge on any atom is -0.340 e. The quantitative estimate of drug-likeness (QED) is 0.804. The van der Waals surface area contributed by atoms with Crippen LogP contribution in [-0.4, -0.2) is 62.6 Å². The summed E-state index contributed by atoms with van der Waals surface area (Å²) in [4.78, 5) is 16.5. The highest BCUT2D eigenvalue weighted by molar-refractivity contribution is 7.88. The van der Waals surface area contributed by atoms with Crippen LogP contribution in [0.3, 0.4) is 0 Å². The van der Waals surface area contributed by atoms with E-state index < -0.39 is 10.0 Å². The fourth-order valence-electron chi connectivity index (χ4n) is 3.25. The van der Waals surface area contributed by atoms with Crippen molar-refractivity contribution < 1.29 is 17.6 Å². The largest absolute Gasteiger partial charge is 0.340 e. The van der Waals surface area contributed by atoms with E-state index in [-0.39, 0.29) is 24.3 Å². The molecular formula is C18H28FN3O3S. The lowest BCUT2D eigenvalue weighted by Crippen LogP contribution is -2.47. The number of hydrogen-bond acceptors (Lipinski definition) is 4. The number of rotatable bonds is 6. The molecule has 0 aliphatic carbocycles. The molecule has 8 heteroatoms. The second-order valence-electron chi connectivity index (χ2n) is 7.19. The topological polar surface area (TPSA) is 69.7 Å². The minimum atomic E-state index is -3.39. The van der Waals surface area contributed by atoms with Crippen molar-refractivity contribution >= 4 is 15.9 Å². The molecule has 0 saturated carbocycles. The molecule has 1 heterocycles. The van der Waals surface area contributed by atoms with Crippen molar-refractivity contribution in [3.8, 4) is 0 Å². The van der Waals surface area contributed by atoms with Crippen LogP contribution in [0.1, 0.15) is 25.8 Å². The van der Waals surface area contributed by atoms with E-state index in [0.717, 1.165) is 24.8 Å². The van der Waals surface area contributed by atoms with Gasteiger partial charge in [-0.25, -0.2) is 17.5 Å². The highest BCUT2D eigenvalue weighted by Crippen LogP contribution is 2.20. The average molecular weight is 386 g/mol. The molecule has 26 heavy (non-hydrogen) atoms. The lowest BCUT2D eigenvalue weighted by molar-refractivity contribution is -0.130. The maximum atomic E-state index is 13.1. The zero-order chi connectivity index (χ0) is 19.3. The summed E-state index contributed by atoms with van der Waals surface area (Å²) in [6.07, 6.45) is 1.86. The minimum absolute atomic E-state index is 0.157. The molecule has 0 spiro atoms. The molecule has 1 atom stereocenters. The van der Waals surface area contributed by atoms with Crippen LogP contribution >= 0.6 is 0 Å². The second-order valence-corrected chi connectivity index (χ2v) is 9.03. The molecule has 0 bridgehead atoms. The molecule has 1 amide bonds. The van der Waals surface area contributed by atoms with Crippen LogP contribution in [0.5, 0.6) is 0 Å². The van der Waals surface area contributed by atoms with Crippen molar-refractivity contribution in [3.05, 3.63) is 35.6 Å². The van der Waals surface area contributed by atoms with Gasteiger partial charge in [0.2, 0.25) is 15.9 Å². The van der Waals surface area contributed by atoms with Crippen LogP contribution in [0.2, 0.25) is 0 Å². The molecule has 1 aliphatic rings. The van der Waals surface area contributed by atoms with Gasteiger partial charge in [0.15, 0.2) is 0 Å². The van der Waals surface area contributed by atoms with Gasteiger partial charge in [0, 0.05) is 32.2 Å². The van der Waals surface area contributed by atoms with Crippen molar-refractivity contribution in [2.75, 3.05) is 32.4 Å². The van der Waals surface area contributed by atoms with Gasteiger partial charge in [-0.2, -0.15) is 0 Å². The summed E-state index contributed by atoms with van der Waals surface area (Å²) >= 11 is 0. The maximum Gasteiger partial charge on any atom is 0.237 e. The van der Waals surface area contributed by atoms with Gasteiger partial charge in [-0.1, -0.05) is 26.0 Å². The van der Waals surface area contributed by atoms with Gasteiger partial charge in [0.1, 0.15) is 5.82 Å². The molecule has 2 rings (SSSR count). The van der Waals surface area contributed by atoms with E-state index in [9.17, 15) is 17.6 Å². The molecule has 0 radical (unpaired) electrons. The van der Waals surface area contributed by atoms with Crippen LogP contribution in [0.25, 0.3) is 0 Å². The monoisotopic (exact) mass is 385 g/mol. The molecule has 1 saturated heterocycles. The van der Waals surface area contributed by atoms with E-state index >= 15 is 0 Å². The van der Waals surface area contributed by atoms with Crippen LogP contribution < -0.4 is 4.72 Å². The molecule has 1 aliphatic heterocycles. The summed E-state index contributed by atoms with van der Waals surface area (Å²) in [6, 6.07) is 6.66. The van der Waals surface area contributed by atoms with Crippen LogP contribution in [-0.2, 0) is 21.4 Å².